The fraction of sp³-hybridized carbons (Fsp3) is 0.350. The number of aliphatic imine (C=N–C) groups is 1. The maximum atomic E-state index is 13.3. The molecule has 26 heavy (non-hydrogen) atoms. The molecule has 0 spiro atoms. The molecule has 6 heteroatoms. The van der Waals surface area contributed by atoms with E-state index in [1.165, 1.54) is 12.1 Å². The van der Waals surface area contributed by atoms with E-state index in [1.807, 2.05) is 18.2 Å². The Kier molecular flexibility index (Phi) is 5.30. The highest BCUT2D eigenvalue weighted by molar-refractivity contribution is 5.79. The summed E-state index contributed by atoms with van der Waals surface area (Å²) in [7, 11) is 1.72. The van der Waals surface area contributed by atoms with E-state index in [2.05, 4.69) is 35.5 Å². The summed E-state index contributed by atoms with van der Waals surface area (Å²) < 4.78 is 24.1. The van der Waals surface area contributed by atoms with Gasteiger partial charge in [-0.1, -0.05) is 32.0 Å². The molecule has 0 aromatic heterocycles. The number of ether oxygens (including phenoxy) is 2. The number of nitrogens with one attached hydrogen (secondary N) is 2. The average molecular weight is 357 g/mol. The first kappa shape index (κ1) is 18.0. The Labute approximate surface area is 153 Å². The predicted octanol–water partition coefficient (Wildman–Crippen LogP) is 3.20. The summed E-state index contributed by atoms with van der Waals surface area (Å²) in [6.07, 6.45) is 0. The number of hydrogen-bond acceptors (Lipinski definition) is 3. The lowest BCUT2D eigenvalue weighted by molar-refractivity contribution is 0.174. The number of guanidine groups is 1. The van der Waals surface area contributed by atoms with Gasteiger partial charge in [0.05, 0.1) is 0 Å². The molecule has 2 N–H and O–H groups in total. The molecule has 138 valence electrons. The Bertz CT molecular complexity index is 805. The third-order valence-corrected chi connectivity index (χ3v) is 4.42. The Morgan fingerprint density at radius 3 is 2.69 bits per heavy atom. The molecule has 5 nitrogen and oxygen atoms in total. The van der Waals surface area contributed by atoms with Gasteiger partial charge in [-0.15, -0.1) is 0 Å². The Morgan fingerprint density at radius 2 is 1.92 bits per heavy atom. The molecule has 1 aliphatic rings. The summed E-state index contributed by atoms with van der Waals surface area (Å²) in [6, 6.07) is 12.5. The zero-order chi connectivity index (χ0) is 18.6. The summed E-state index contributed by atoms with van der Waals surface area (Å²) in [6.45, 7) is 5.75. The van der Waals surface area contributed by atoms with Crippen molar-refractivity contribution < 1.29 is 13.9 Å². The number of benzene rings is 2. The summed E-state index contributed by atoms with van der Waals surface area (Å²) in [4.78, 5) is 4.24. The quantitative estimate of drug-likeness (QED) is 0.637. The second-order valence-electron chi connectivity index (χ2n) is 6.86. The summed E-state index contributed by atoms with van der Waals surface area (Å²) in [5, 5.41) is 6.54. The second kappa shape index (κ2) is 7.64. The zero-order valence-corrected chi connectivity index (χ0v) is 15.3. The smallest absolute Gasteiger partial charge is 0.231 e. The van der Waals surface area contributed by atoms with Gasteiger partial charge in [-0.3, -0.25) is 4.99 Å². The van der Waals surface area contributed by atoms with Crippen molar-refractivity contribution in [1.29, 1.82) is 0 Å². The van der Waals surface area contributed by atoms with Crippen molar-refractivity contribution in [1.82, 2.24) is 10.6 Å². The summed E-state index contributed by atoms with van der Waals surface area (Å²) in [5.41, 5.74) is 1.87. The maximum absolute atomic E-state index is 13.3. The van der Waals surface area contributed by atoms with Gasteiger partial charge >= 0.3 is 0 Å². The molecule has 0 saturated carbocycles. The third kappa shape index (κ3) is 4.25. The number of rotatable bonds is 5. The van der Waals surface area contributed by atoms with Crippen molar-refractivity contribution in [2.24, 2.45) is 4.99 Å². The van der Waals surface area contributed by atoms with E-state index in [9.17, 15) is 4.39 Å². The number of halogens is 1. The summed E-state index contributed by atoms with van der Waals surface area (Å²) in [5.74, 6) is 1.99. The largest absolute Gasteiger partial charge is 0.454 e. The molecular weight excluding hydrogens is 333 g/mol. The van der Waals surface area contributed by atoms with Crippen LogP contribution < -0.4 is 20.1 Å². The topological polar surface area (TPSA) is 54.9 Å². The SMILES string of the molecule is CN=C(NCc1cccc(F)c1)NCC(C)(C)c1ccc2c(c1)OCO2. The number of hydrogen-bond donors (Lipinski definition) is 2. The fourth-order valence-electron chi connectivity index (χ4n) is 2.78. The Balaban J connectivity index is 1.58. The van der Waals surface area contributed by atoms with Gasteiger partial charge in [0.25, 0.3) is 0 Å². The van der Waals surface area contributed by atoms with Crippen LogP contribution in [-0.2, 0) is 12.0 Å². The molecular formula is C20H24FN3O2. The number of fused-ring (bicyclic) bond motifs is 1. The first-order chi connectivity index (χ1) is 12.5. The molecule has 0 saturated heterocycles. The minimum Gasteiger partial charge on any atom is -0.454 e. The highest BCUT2D eigenvalue weighted by atomic mass is 19.1. The summed E-state index contributed by atoms with van der Waals surface area (Å²) >= 11 is 0. The van der Waals surface area contributed by atoms with Gasteiger partial charge in [-0.2, -0.15) is 0 Å². The van der Waals surface area contributed by atoms with E-state index >= 15 is 0 Å². The molecule has 2 aromatic carbocycles. The van der Waals surface area contributed by atoms with E-state index < -0.39 is 0 Å². The van der Waals surface area contributed by atoms with Gasteiger partial charge in [0.1, 0.15) is 5.82 Å². The molecule has 3 rings (SSSR count). The first-order valence-corrected chi connectivity index (χ1v) is 8.57. The molecule has 0 fully saturated rings. The van der Waals surface area contributed by atoms with Crippen molar-refractivity contribution in [3.63, 3.8) is 0 Å². The van der Waals surface area contributed by atoms with E-state index in [-0.39, 0.29) is 18.0 Å². The van der Waals surface area contributed by atoms with Crippen LogP contribution in [0.25, 0.3) is 0 Å². The van der Waals surface area contributed by atoms with Crippen molar-refractivity contribution in [3.8, 4) is 11.5 Å². The van der Waals surface area contributed by atoms with Crippen molar-refractivity contribution in [3.05, 3.63) is 59.4 Å². The predicted molar refractivity (Wildman–Crippen MR) is 100 cm³/mol. The lowest BCUT2D eigenvalue weighted by atomic mass is 9.84. The van der Waals surface area contributed by atoms with Gasteiger partial charge in [0.2, 0.25) is 6.79 Å². The van der Waals surface area contributed by atoms with Crippen LogP contribution in [0.5, 0.6) is 11.5 Å². The minimum atomic E-state index is -0.240. The van der Waals surface area contributed by atoms with E-state index in [0.29, 0.717) is 19.0 Å². The maximum Gasteiger partial charge on any atom is 0.231 e. The van der Waals surface area contributed by atoms with Crippen molar-refractivity contribution >= 4 is 5.96 Å². The third-order valence-electron chi connectivity index (χ3n) is 4.42. The van der Waals surface area contributed by atoms with Crippen molar-refractivity contribution in [2.45, 2.75) is 25.8 Å². The van der Waals surface area contributed by atoms with Crippen LogP contribution in [0, 0.1) is 5.82 Å². The van der Waals surface area contributed by atoms with Crippen LogP contribution in [0.1, 0.15) is 25.0 Å². The molecule has 1 aliphatic heterocycles. The molecule has 2 aromatic rings. The van der Waals surface area contributed by atoms with Gasteiger partial charge < -0.3 is 20.1 Å². The van der Waals surface area contributed by atoms with Crippen LogP contribution in [-0.4, -0.2) is 26.3 Å². The average Bonchev–Trinajstić information content (AvgIpc) is 3.09. The van der Waals surface area contributed by atoms with Crippen LogP contribution in [0.15, 0.2) is 47.5 Å². The standard InChI is InChI=1S/C20H24FN3O2/c1-20(2,15-7-8-17-18(10-15)26-13-25-17)12-24-19(22-3)23-11-14-5-4-6-16(21)9-14/h4-10H,11-13H2,1-3H3,(H2,22,23,24). The first-order valence-electron chi connectivity index (χ1n) is 8.57. The molecule has 0 bridgehead atoms. The van der Waals surface area contributed by atoms with Crippen LogP contribution in [0.3, 0.4) is 0 Å². The zero-order valence-electron chi connectivity index (χ0n) is 15.3. The van der Waals surface area contributed by atoms with E-state index in [4.69, 9.17) is 9.47 Å². The van der Waals surface area contributed by atoms with Gasteiger partial charge in [0.15, 0.2) is 17.5 Å². The normalized spacial score (nSPS) is 13.6. The molecule has 0 radical (unpaired) electrons. The molecule has 0 unspecified atom stereocenters. The molecule has 0 aliphatic carbocycles. The minimum absolute atomic E-state index is 0.141. The second-order valence-corrected chi connectivity index (χ2v) is 6.86. The van der Waals surface area contributed by atoms with E-state index in [1.54, 1.807) is 13.1 Å². The Morgan fingerprint density at radius 1 is 1.12 bits per heavy atom. The highest BCUT2D eigenvalue weighted by Crippen LogP contribution is 2.36. The Hall–Kier alpha value is -2.76. The van der Waals surface area contributed by atoms with Crippen molar-refractivity contribution in [2.75, 3.05) is 20.4 Å². The molecule has 0 amide bonds. The van der Waals surface area contributed by atoms with Gasteiger partial charge in [0, 0.05) is 25.6 Å². The molecule has 1 heterocycles. The van der Waals surface area contributed by atoms with E-state index in [0.717, 1.165) is 22.6 Å². The van der Waals surface area contributed by atoms with Gasteiger partial charge in [-0.25, -0.2) is 4.39 Å². The van der Waals surface area contributed by atoms with Crippen LogP contribution >= 0.6 is 0 Å². The van der Waals surface area contributed by atoms with Crippen LogP contribution in [0.4, 0.5) is 4.39 Å². The van der Waals surface area contributed by atoms with Gasteiger partial charge in [-0.05, 0) is 35.4 Å². The molecule has 0 atom stereocenters. The fourth-order valence-corrected chi connectivity index (χ4v) is 2.78. The van der Waals surface area contributed by atoms with Crippen LogP contribution in [0.2, 0.25) is 0 Å². The monoisotopic (exact) mass is 357 g/mol. The lowest BCUT2D eigenvalue weighted by Gasteiger charge is -2.27. The lowest BCUT2D eigenvalue weighted by Crippen LogP contribution is -2.43. The number of nitrogens with zero attached hydrogens (tertiary/aromatic N) is 1. The highest BCUT2D eigenvalue weighted by Gasteiger charge is 2.24.